The number of nitrogens with zero attached hydrogens (tertiary/aromatic N) is 1. The number of para-hydroxylation sites is 1. The summed E-state index contributed by atoms with van der Waals surface area (Å²) in [4.78, 5) is 11.8. The van der Waals surface area contributed by atoms with Crippen LogP contribution in [0.2, 0.25) is 0 Å². The van der Waals surface area contributed by atoms with Gasteiger partial charge in [0.2, 0.25) is 0 Å². The van der Waals surface area contributed by atoms with Gasteiger partial charge in [-0.25, -0.2) is 5.43 Å². The standard InChI is InChI=1S/C16H12N2O3/c19-16(15-11-12-5-1-2-8-14(12)21-15)18-17-9-3-6-13-7-4-10-20-13/h1-11H,(H,18,19). The molecule has 21 heavy (non-hydrogen) atoms. The molecule has 0 atom stereocenters. The Morgan fingerprint density at radius 1 is 1.19 bits per heavy atom. The number of rotatable bonds is 4. The summed E-state index contributed by atoms with van der Waals surface area (Å²) in [7, 11) is 0. The molecular weight excluding hydrogens is 268 g/mol. The van der Waals surface area contributed by atoms with Crippen molar-refractivity contribution in [2.45, 2.75) is 0 Å². The fraction of sp³-hybridized carbons (Fsp3) is 0. The van der Waals surface area contributed by atoms with E-state index < -0.39 is 5.91 Å². The minimum atomic E-state index is -0.395. The van der Waals surface area contributed by atoms with Crippen LogP contribution >= 0.6 is 0 Å². The van der Waals surface area contributed by atoms with Gasteiger partial charge in [0.15, 0.2) is 5.76 Å². The van der Waals surface area contributed by atoms with Crippen molar-refractivity contribution in [3.8, 4) is 0 Å². The maximum absolute atomic E-state index is 11.8. The van der Waals surface area contributed by atoms with Crippen LogP contribution < -0.4 is 5.43 Å². The second-order valence-corrected chi connectivity index (χ2v) is 4.24. The van der Waals surface area contributed by atoms with Crippen molar-refractivity contribution >= 4 is 29.2 Å². The number of carbonyl (C=O) groups excluding carboxylic acids is 1. The molecule has 0 saturated heterocycles. The molecule has 0 aliphatic heterocycles. The maximum atomic E-state index is 11.8. The summed E-state index contributed by atoms with van der Waals surface area (Å²) >= 11 is 0. The molecule has 0 unspecified atom stereocenters. The first-order valence-electron chi connectivity index (χ1n) is 6.35. The van der Waals surface area contributed by atoms with E-state index >= 15 is 0 Å². The highest BCUT2D eigenvalue weighted by Crippen LogP contribution is 2.18. The Morgan fingerprint density at radius 2 is 2.10 bits per heavy atom. The number of hydrogen-bond acceptors (Lipinski definition) is 4. The van der Waals surface area contributed by atoms with Crippen LogP contribution in [-0.2, 0) is 0 Å². The van der Waals surface area contributed by atoms with Gasteiger partial charge in [0, 0.05) is 11.6 Å². The molecule has 5 nitrogen and oxygen atoms in total. The van der Waals surface area contributed by atoms with Crippen molar-refractivity contribution in [2.75, 3.05) is 0 Å². The zero-order chi connectivity index (χ0) is 14.5. The van der Waals surface area contributed by atoms with Crippen LogP contribution in [0.4, 0.5) is 0 Å². The van der Waals surface area contributed by atoms with Gasteiger partial charge in [-0.3, -0.25) is 4.79 Å². The predicted molar refractivity (Wildman–Crippen MR) is 79.9 cm³/mol. The average molecular weight is 280 g/mol. The number of fused-ring (bicyclic) bond motifs is 1. The van der Waals surface area contributed by atoms with Gasteiger partial charge in [-0.15, -0.1) is 0 Å². The number of carbonyl (C=O) groups is 1. The predicted octanol–water partition coefficient (Wildman–Crippen LogP) is 3.45. The van der Waals surface area contributed by atoms with Crippen LogP contribution in [0.1, 0.15) is 16.3 Å². The second kappa shape index (κ2) is 5.92. The van der Waals surface area contributed by atoms with E-state index in [4.69, 9.17) is 8.83 Å². The van der Waals surface area contributed by atoms with Gasteiger partial charge in [-0.1, -0.05) is 18.2 Å². The first-order valence-corrected chi connectivity index (χ1v) is 6.35. The lowest BCUT2D eigenvalue weighted by Crippen LogP contribution is -2.16. The van der Waals surface area contributed by atoms with Crippen LogP contribution in [0.25, 0.3) is 17.0 Å². The Morgan fingerprint density at radius 3 is 2.90 bits per heavy atom. The highest BCUT2D eigenvalue weighted by atomic mass is 16.3. The normalized spacial score (nSPS) is 11.6. The van der Waals surface area contributed by atoms with Crippen LogP contribution in [0, 0.1) is 0 Å². The average Bonchev–Trinajstić information content (AvgIpc) is 3.15. The van der Waals surface area contributed by atoms with Gasteiger partial charge in [-0.05, 0) is 36.4 Å². The quantitative estimate of drug-likeness (QED) is 0.588. The van der Waals surface area contributed by atoms with Crippen molar-refractivity contribution in [3.05, 3.63) is 66.3 Å². The summed E-state index contributed by atoms with van der Waals surface area (Å²) < 4.78 is 10.5. The summed E-state index contributed by atoms with van der Waals surface area (Å²) in [5.41, 5.74) is 3.07. The van der Waals surface area contributed by atoms with Crippen molar-refractivity contribution in [2.24, 2.45) is 5.10 Å². The fourth-order valence-electron chi connectivity index (χ4n) is 1.81. The van der Waals surface area contributed by atoms with E-state index in [9.17, 15) is 4.79 Å². The maximum Gasteiger partial charge on any atom is 0.307 e. The fourth-order valence-corrected chi connectivity index (χ4v) is 1.81. The number of furan rings is 2. The molecule has 0 aliphatic rings. The monoisotopic (exact) mass is 280 g/mol. The first-order chi connectivity index (χ1) is 10.3. The Hall–Kier alpha value is -3.08. The molecular formula is C16H12N2O3. The Balaban J connectivity index is 1.61. The minimum absolute atomic E-state index is 0.225. The number of allylic oxidation sites excluding steroid dienone is 1. The van der Waals surface area contributed by atoms with E-state index in [0.717, 1.165) is 5.39 Å². The third-order valence-electron chi connectivity index (χ3n) is 2.78. The zero-order valence-corrected chi connectivity index (χ0v) is 11.0. The summed E-state index contributed by atoms with van der Waals surface area (Å²) in [5.74, 6) is 0.544. The van der Waals surface area contributed by atoms with E-state index in [-0.39, 0.29) is 5.76 Å². The van der Waals surface area contributed by atoms with Crippen molar-refractivity contribution < 1.29 is 13.6 Å². The Kier molecular flexibility index (Phi) is 3.64. The van der Waals surface area contributed by atoms with Gasteiger partial charge in [-0.2, -0.15) is 5.10 Å². The van der Waals surface area contributed by atoms with Gasteiger partial charge in [0.25, 0.3) is 0 Å². The Labute approximate surface area is 120 Å². The van der Waals surface area contributed by atoms with Crippen LogP contribution in [0.5, 0.6) is 0 Å². The van der Waals surface area contributed by atoms with E-state index in [2.05, 4.69) is 10.5 Å². The summed E-state index contributed by atoms with van der Waals surface area (Å²) in [6.07, 6.45) is 6.44. The molecule has 0 spiro atoms. The highest BCUT2D eigenvalue weighted by molar-refractivity contribution is 5.96. The number of benzene rings is 1. The lowest BCUT2D eigenvalue weighted by Gasteiger charge is -1.93. The van der Waals surface area contributed by atoms with Crippen molar-refractivity contribution in [3.63, 3.8) is 0 Å². The SMILES string of the molecule is O=C(NN=CC=Cc1ccco1)c1cc2ccccc2o1. The van der Waals surface area contributed by atoms with Gasteiger partial charge in [0.05, 0.1) is 6.26 Å². The topological polar surface area (TPSA) is 67.7 Å². The Bertz CT molecular complexity index is 765. The van der Waals surface area contributed by atoms with Crippen molar-refractivity contribution in [1.29, 1.82) is 0 Å². The smallest absolute Gasteiger partial charge is 0.307 e. The molecule has 1 N–H and O–H groups in total. The van der Waals surface area contributed by atoms with Gasteiger partial charge in [0.1, 0.15) is 11.3 Å². The second-order valence-electron chi connectivity index (χ2n) is 4.24. The lowest BCUT2D eigenvalue weighted by molar-refractivity contribution is 0.0929. The molecule has 0 aliphatic carbocycles. The molecule has 1 aromatic carbocycles. The molecule has 3 aromatic rings. The van der Waals surface area contributed by atoms with E-state index in [1.54, 1.807) is 30.5 Å². The highest BCUT2D eigenvalue weighted by Gasteiger charge is 2.10. The van der Waals surface area contributed by atoms with Gasteiger partial charge >= 0.3 is 5.91 Å². The third-order valence-corrected chi connectivity index (χ3v) is 2.78. The first kappa shape index (κ1) is 12.9. The third kappa shape index (κ3) is 3.09. The van der Waals surface area contributed by atoms with Crippen LogP contribution in [-0.4, -0.2) is 12.1 Å². The largest absolute Gasteiger partial charge is 0.465 e. The van der Waals surface area contributed by atoms with E-state index in [0.29, 0.717) is 11.3 Å². The molecule has 2 aromatic heterocycles. The zero-order valence-electron chi connectivity index (χ0n) is 11.0. The molecule has 2 heterocycles. The lowest BCUT2D eigenvalue weighted by atomic mass is 10.2. The number of nitrogens with one attached hydrogen (secondary N) is 1. The summed E-state index contributed by atoms with van der Waals surface area (Å²) in [6.45, 7) is 0. The summed E-state index contributed by atoms with van der Waals surface area (Å²) in [6, 6.07) is 12.7. The molecule has 0 bridgehead atoms. The van der Waals surface area contributed by atoms with Crippen molar-refractivity contribution in [1.82, 2.24) is 5.43 Å². The number of amides is 1. The van der Waals surface area contributed by atoms with Gasteiger partial charge < -0.3 is 8.83 Å². The minimum Gasteiger partial charge on any atom is -0.465 e. The molecule has 104 valence electrons. The number of hydrazone groups is 1. The molecule has 0 saturated carbocycles. The van der Waals surface area contributed by atoms with Crippen LogP contribution in [0.15, 0.2) is 68.7 Å². The molecule has 5 heteroatoms. The summed E-state index contributed by atoms with van der Waals surface area (Å²) in [5, 5.41) is 4.68. The molecule has 1 amide bonds. The van der Waals surface area contributed by atoms with E-state index in [1.165, 1.54) is 6.21 Å². The van der Waals surface area contributed by atoms with E-state index in [1.807, 2.05) is 30.3 Å². The molecule has 0 fully saturated rings. The van der Waals surface area contributed by atoms with Crippen LogP contribution in [0.3, 0.4) is 0 Å². The molecule has 3 rings (SSSR count). The molecule has 0 radical (unpaired) electrons. The number of hydrogen-bond donors (Lipinski definition) is 1.